The van der Waals surface area contributed by atoms with Crippen LogP contribution in [0, 0.1) is 23.5 Å². The monoisotopic (exact) mass is 255 g/mol. The minimum absolute atomic E-state index is 0.0165. The predicted molar refractivity (Wildman–Crippen MR) is 67.1 cm³/mol. The van der Waals surface area contributed by atoms with Gasteiger partial charge in [-0.3, -0.25) is 4.79 Å². The van der Waals surface area contributed by atoms with E-state index in [9.17, 15) is 13.6 Å². The zero-order chi connectivity index (χ0) is 13.7. The van der Waals surface area contributed by atoms with Crippen LogP contribution in [0.2, 0.25) is 0 Å². The molecule has 0 bridgehead atoms. The molecular formula is C14H19F2NO. The fourth-order valence-corrected chi connectivity index (χ4v) is 1.92. The third kappa shape index (κ3) is 4.18. The van der Waals surface area contributed by atoms with Crippen molar-refractivity contribution in [3.8, 4) is 0 Å². The Morgan fingerprint density at radius 3 is 2.44 bits per heavy atom. The Hall–Kier alpha value is -1.29. The zero-order valence-corrected chi connectivity index (χ0v) is 10.7. The Labute approximate surface area is 106 Å². The van der Waals surface area contributed by atoms with Crippen LogP contribution >= 0.6 is 0 Å². The molecule has 1 atom stereocenters. The molecule has 0 radical (unpaired) electrons. The van der Waals surface area contributed by atoms with E-state index in [2.05, 4.69) is 0 Å². The highest BCUT2D eigenvalue weighted by molar-refractivity contribution is 5.83. The lowest BCUT2D eigenvalue weighted by Crippen LogP contribution is -2.26. The second-order valence-corrected chi connectivity index (χ2v) is 4.95. The lowest BCUT2D eigenvalue weighted by molar-refractivity contribution is -0.122. The summed E-state index contributed by atoms with van der Waals surface area (Å²) in [6.45, 7) is 4.34. The van der Waals surface area contributed by atoms with Crippen LogP contribution in [0.3, 0.4) is 0 Å². The second kappa shape index (κ2) is 6.59. The normalized spacial score (nSPS) is 12.8. The summed E-state index contributed by atoms with van der Waals surface area (Å²) < 4.78 is 25.8. The molecule has 0 spiro atoms. The average Bonchev–Trinajstić information content (AvgIpc) is 2.30. The average molecular weight is 255 g/mol. The molecule has 2 N–H and O–H groups in total. The van der Waals surface area contributed by atoms with Crippen LogP contribution in [0.5, 0.6) is 0 Å². The highest BCUT2D eigenvalue weighted by Gasteiger charge is 2.18. The molecule has 18 heavy (non-hydrogen) atoms. The summed E-state index contributed by atoms with van der Waals surface area (Å²) >= 11 is 0. The van der Waals surface area contributed by atoms with Crippen molar-refractivity contribution >= 4 is 5.78 Å². The van der Waals surface area contributed by atoms with Crippen LogP contribution in [-0.4, -0.2) is 12.3 Å². The van der Waals surface area contributed by atoms with Gasteiger partial charge in [-0.25, -0.2) is 8.78 Å². The van der Waals surface area contributed by atoms with Gasteiger partial charge in [-0.2, -0.15) is 0 Å². The molecule has 1 rings (SSSR count). The number of rotatable bonds is 6. The Morgan fingerprint density at radius 2 is 1.94 bits per heavy atom. The predicted octanol–water partition coefficient (Wildman–Crippen LogP) is 2.70. The van der Waals surface area contributed by atoms with Gasteiger partial charge in [-0.05, 0) is 30.0 Å². The maximum absolute atomic E-state index is 13.0. The van der Waals surface area contributed by atoms with E-state index < -0.39 is 11.6 Å². The van der Waals surface area contributed by atoms with Crippen molar-refractivity contribution in [2.24, 2.45) is 17.6 Å². The van der Waals surface area contributed by atoms with Gasteiger partial charge in [-0.15, -0.1) is 0 Å². The molecule has 0 aliphatic carbocycles. The number of carbonyl (C=O) groups excluding carboxylic acids is 1. The van der Waals surface area contributed by atoms with Crippen LogP contribution in [0.1, 0.15) is 25.8 Å². The van der Waals surface area contributed by atoms with Gasteiger partial charge in [0.2, 0.25) is 0 Å². The zero-order valence-electron chi connectivity index (χ0n) is 10.7. The maximum Gasteiger partial charge on any atom is 0.159 e. The van der Waals surface area contributed by atoms with Gasteiger partial charge >= 0.3 is 0 Å². The van der Waals surface area contributed by atoms with Crippen LogP contribution in [0.4, 0.5) is 8.78 Å². The number of benzene rings is 1. The highest BCUT2D eigenvalue weighted by atomic mass is 19.2. The third-order valence-corrected chi connectivity index (χ3v) is 2.86. The molecule has 1 aromatic carbocycles. The fraction of sp³-hybridized carbons (Fsp3) is 0.500. The summed E-state index contributed by atoms with van der Waals surface area (Å²) in [4.78, 5) is 12.0. The molecule has 0 aromatic heterocycles. The van der Waals surface area contributed by atoms with Crippen LogP contribution in [-0.2, 0) is 11.2 Å². The standard InChI is InChI=1S/C14H19F2NO/c1-9(2)5-11(8-17)14(18)7-10-3-4-12(15)13(16)6-10/h3-4,6,9,11H,5,7-8,17H2,1-2H3. The molecule has 0 amide bonds. The summed E-state index contributed by atoms with van der Waals surface area (Å²) in [6.07, 6.45) is 0.824. The topological polar surface area (TPSA) is 43.1 Å². The first-order valence-electron chi connectivity index (χ1n) is 6.10. The number of nitrogens with two attached hydrogens (primary N) is 1. The van der Waals surface area contributed by atoms with E-state index in [1.54, 1.807) is 0 Å². The molecule has 0 fully saturated rings. The van der Waals surface area contributed by atoms with Gasteiger partial charge in [0.05, 0.1) is 0 Å². The van der Waals surface area contributed by atoms with E-state index >= 15 is 0 Å². The van der Waals surface area contributed by atoms with E-state index in [4.69, 9.17) is 5.73 Å². The van der Waals surface area contributed by atoms with Gasteiger partial charge in [0.1, 0.15) is 5.78 Å². The molecule has 2 nitrogen and oxygen atoms in total. The Kier molecular flexibility index (Phi) is 5.41. The minimum Gasteiger partial charge on any atom is -0.330 e. The largest absolute Gasteiger partial charge is 0.330 e. The molecule has 1 aromatic rings. The van der Waals surface area contributed by atoms with Gasteiger partial charge in [-0.1, -0.05) is 19.9 Å². The first kappa shape index (κ1) is 14.8. The molecule has 0 aliphatic heterocycles. The summed E-state index contributed by atoms with van der Waals surface area (Å²) in [5.41, 5.74) is 6.06. The second-order valence-electron chi connectivity index (χ2n) is 4.95. The van der Waals surface area contributed by atoms with Gasteiger partial charge in [0.25, 0.3) is 0 Å². The molecule has 0 aliphatic rings. The lowest BCUT2D eigenvalue weighted by Gasteiger charge is -2.15. The summed E-state index contributed by atoms with van der Waals surface area (Å²) in [5, 5.41) is 0. The summed E-state index contributed by atoms with van der Waals surface area (Å²) in [7, 11) is 0. The first-order chi connectivity index (χ1) is 8.43. The van der Waals surface area contributed by atoms with Gasteiger partial charge in [0.15, 0.2) is 11.6 Å². The van der Waals surface area contributed by atoms with E-state index in [0.717, 1.165) is 18.6 Å². The van der Waals surface area contributed by atoms with Crippen molar-refractivity contribution in [2.75, 3.05) is 6.54 Å². The Bertz CT molecular complexity index is 418. The van der Waals surface area contributed by atoms with Crippen LogP contribution < -0.4 is 5.73 Å². The van der Waals surface area contributed by atoms with Crippen molar-refractivity contribution in [1.82, 2.24) is 0 Å². The van der Waals surface area contributed by atoms with E-state index in [1.165, 1.54) is 6.07 Å². The van der Waals surface area contributed by atoms with Crippen molar-refractivity contribution < 1.29 is 13.6 Å². The number of ketones is 1. The van der Waals surface area contributed by atoms with Gasteiger partial charge in [0, 0.05) is 18.9 Å². The highest BCUT2D eigenvalue weighted by Crippen LogP contribution is 2.16. The number of hydrogen-bond acceptors (Lipinski definition) is 2. The number of hydrogen-bond donors (Lipinski definition) is 1. The lowest BCUT2D eigenvalue weighted by atomic mass is 9.90. The number of Topliss-reactive ketones (excluding diaryl/α,β-unsaturated/α-hetero) is 1. The molecular weight excluding hydrogens is 236 g/mol. The molecule has 1 unspecified atom stereocenters. The minimum atomic E-state index is -0.923. The Balaban J connectivity index is 2.70. The van der Waals surface area contributed by atoms with E-state index in [1.807, 2.05) is 13.8 Å². The van der Waals surface area contributed by atoms with Crippen molar-refractivity contribution in [2.45, 2.75) is 26.7 Å². The van der Waals surface area contributed by atoms with Crippen molar-refractivity contribution in [1.29, 1.82) is 0 Å². The van der Waals surface area contributed by atoms with Gasteiger partial charge < -0.3 is 5.73 Å². The molecule has 0 saturated heterocycles. The SMILES string of the molecule is CC(C)CC(CN)C(=O)Cc1ccc(F)c(F)c1. The molecule has 100 valence electrons. The van der Waals surface area contributed by atoms with Crippen LogP contribution in [0.25, 0.3) is 0 Å². The fourth-order valence-electron chi connectivity index (χ4n) is 1.92. The van der Waals surface area contributed by atoms with E-state index in [-0.39, 0.29) is 18.1 Å². The number of carbonyl (C=O) groups is 1. The molecule has 4 heteroatoms. The third-order valence-electron chi connectivity index (χ3n) is 2.86. The number of halogens is 2. The summed E-state index contributed by atoms with van der Waals surface area (Å²) in [6, 6.07) is 3.54. The summed E-state index contributed by atoms with van der Waals surface area (Å²) in [5.74, 6) is -1.67. The maximum atomic E-state index is 13.0. The molecule has 0 heterocycles. The molecule has 0 saturated carbocycles. The van der Waals surface area contributed by atoms with E-state index in [0.29, 0.717) is 18.0 Å². The Morgan fingerprint density at radius 1 is 1.28 bits per heavy atom. The van der Waals surface area contributed by atoms with Crippen molar-refractivity contribution in [3.63, 3.8) is 0 Å². The smallest absolute Gasteiger partial charge is 0.159 e. The first-order valence-corrected chi connectivity index (χ1v) is 6.10. The quantitative estimate of drug-likeness (QED) is 0.849. The van der Waals surface area contributed by atoms with Crippen molar-refractivity contribution in [3.05, 3.63) is 35.4 Å². The van der Waals surface area contributed by atoms with Crippen LogP contribution in [0.15, 0.2) is 18.2 Å².